The quantitative estimate of drug-likeness (QED) is 0.844. The van der Waals surface area contributed by atoms with Gasteiger partial charge < -0.3 is 10.9 Å². The second kappa shape index (κ2) is 8.43. The molecule has 6 nitrogen and oxygen atoms in total. The van der Waals surface area contributed by atoms with E-state index in [9.17, 15) is 0 Å². The Morgan fingerprint density at radius 2 is 1.94 bits per heavy atom. The van der Waals surface area contributed by atoms with Gasteiger partial charge in [0.25, 0.3) is 0 Å². The van der Waals surface area contributed by atoms with Crippen LogP contribution >= 0.6 is 12.4 Å². The number of tetrazole rings is 1. The topological polar surface area (TPSA) is 87.8 Å². The van der Waals surface area contributed by atoms with Crippen molar-refractivity contribution in [3.63, 3.8) is 0 Å². The normalized spacial score (nSPS) is 9.17. The molecule has 0 spiro atoms. The van der Waals surface area contributed by atoms with Crippen molar-refractivity contribution < 1.29 is 4.74 Å². The number of unbranched alkanes of at least 4 members (excludes halogenated alkanes) is 1. The molecular formula is C11H18ClN5O. The summed E-state index contributed by atoms with van der Waals surface area (Å²) in [6.07, 6.45) is 3.78. The Labute approximate surface area is 112 Å². The van der Waals surface area contributed by atoms with Crippen molar-refractivity contribution in [2.24, 2.45) is 0 Å². The molecule has 2 aromatic rings. The molecule has 0 amide bonds. The van der Waals surface area contributed by atoms with E-state index in [1.54, 1.807) is 11.0 Å². The maximum absolute atomic E-state index is 5.56. The fraction of sp³-hybridized carbons (Fsp3) is 0.364. The Balaban J connectivity index is 0.00000144. The first kappa shape index (κ1) is 16.3. The minimum absolute atomic E-state index is 0. The smallest absolute Gasteiger partial charge is 0.143 e. The summed E-state index contributed by atoms with van der Waals surface area (Å²) < 4.78 is 7.16. The maximum atomic E-state index is 5.56. The van der Waals surface area contributed by atoms with E-state index in [4.69, 9.17) is 4.74 Å². The standard InChI is InChI=1S/C11H14N4O.ClH.H3N/c1-2-3-8-16-11-6-4-10(5-7-11)15-9-12-13-14-15;;/h4-7,9H,2-3,8H2,1H3;1H;1H3. The van der Waals surface area contributed by atoms with Gasteiger partial charge in [0.1, 0.15) is 12.1 Å². The second-order valence-corrected chi connectivity index (χ2v) is 3.45. The molecule has 3 N–H and O–H groups in total. The van der Waals surface area contributed by atoms with Gasteiger partial charge >= 0.3 is 0 Å². The molecule has 2 rings (SSSR count). The average Bonchev–Trinajstić information content (AvgIpc) is 2.84. The molecular weight excluding hydrogens is 254 g/mol. The summed E-state index contributed by atoms with van der Waals surface area (Å²) in [6, 6.07) is 7.70. The third-order valence-corrected chi connectivity index (χ3v) is 2.22. The predicted molar refractivity (Wildman–Crippen MR) is 71.8 cm³/mol. The van der Waals surface area contributed by atoms with Gasteiger partial charge in [-0.05, 0) is 41.1 Å². The van der Waals surface area contributed by atoms with E-state index in [-0.39, 0.29) is 18.6 Å². The molecule has 0 aliphatic carbocycles. The van der Waals surface area contributed by atoms with Crippen molar-refractivity contribution in [2.75, 3.05) is 6.61 Å². The van der Waals surface area contributed by atoms with Gasteiger partial charge in [-0.3, -0.25) is 0 Å². The molecule has 0 saturated carbocycles. The molecule has 0 saturated heterocycles. The van der Waals surface area contributed by atoms with Gasteiger partial charge in [-0.15, -0.1) is 17.5 Å². The van der Waals surface area contributed by atoms with Crippen molar-refractivity contribution >= 4 is 12.4 Å². The van der Waals surface area contributed by atoms with Crippen LogP contribution in [0.3, 0.4) is 0 Å². The lowest BCUT2D eigenvalue weighted by molar-refractivity contribution is 0.309. The van der Waals surface area contributed by atoms with Gasteiger partial charge in [-0.25, -0.2) is 4.68 Å². The highest BCUT2D eigenvalue weighted by atomic mass is 35.5. The fourth-order valence-electron chi connectivity index (χ4n) is 1.31. The van der Waals surface area contributed by atoms with E-state index in [2.05, 4.69) is 22.4 Å². The number of nitrogens with zero attached hydrogens (tertiary/aromatic N) is 4. The zero-order valence-electron chi connectivity index (χ0n) is 10.3. The van der Waals surface area contributed by atoms with Crippen LogP contribution in [0.1, 0.15) is 19.8 Å². The highest BCUT2D eigenvalue weighted by Gasteiger charge is 1.98. The molecule has 100 valence electrons. The number of ether oxygens (including phenoxy) is 1. The van der Waals surface area contributed by atoms with Crippen LogP contribution in [0.4, 0.5) is 0 Å². The Morgan fingerprint density at radius 3 is 2.50 bits per heavy atom. The first-order chi connectivity index (χ1) is 7.90. The van der Waals surface area contributed by atoms with Crippen LogP contribution in [0.25, 0.3) is 5.69 Å². The zero-order chi connectivity index (χ0) is 11.2. The molecule has 0 fully saturated rings. The number of rotatable bonds is 5. The molecule has 1 heterocycles. The number of aromatic nitrogens is 4. The SMILES string of the molecule is CCCCOc1ccc(-n2cnnn2)cc1.Cl.N. The van der Waals surface area contributed by atoms with Crippen molar-refractivity contribution in [3.05, 3.63) is 30.6 Å². The summed E-state index contributed by atoms with van der Waals surface area (Å²) in [7, 11) is 0. The molecule has 0 aliphatic heterocycles. The van der Waals surface area contributed by atoms with E-state index in [0.717, 1.165) is 30.9 Å². The van der Waals surface area contributed by atoms with E-state index in [1.807, 2.05) is 24.3 Å². The third kappa shape index (κ3) is 4.31. The fourth-order valence-corrected chi connectivity index (χ4v) is 1.31. The second-order valence-electron chi connectivity index (χ2n) is 3.45. The Morgan fingerprint density at radius 1 is 1.22 bits per heavy atom. The number of benzene rings is 1. The van der Waals surface area contributed by atoms with Crippen LogP contribution < -0.4 is 10.9 Å². The summed E-state index contributed by atoms with van der Waals surface area (Å²) >= 11 is 0. The summed E-state index contributed by atoms with van der Waals surface area (Å²) in [4.78, 5) is 0. The monoisotopic (exact) mass is 271 g/mol. The molecule has 0 bridgehead atoms. The minimum atomic E-state index is 0. The lowest BCUT2D eigenvalue weighted by Gasteiger charge is -2.05. The van der Waals surface area contributed by atoms with E-state index >= 15 is 0 Å². The van der Waals surface area contributed by atoms with Gasteiger partial charge in [0.15, 0.2) is 0 Å². The highest BCUT2D eigenvalue weighted by molar-refractivity contribution is 5.85. The minimum Gasteiger partial charge on any atom is -0.494 e. The lowest BCUT2D eigenvalue weighted by atomic mass is 10.3. The molecule has 0 unspecified atom stereocenters. The first-order valence-corrected chi connectivity index (χ1v) is 5.36. The first-order valence-electron chi connectivity index (χ1n) is 5.36. The van der Waals surface area contributed by atoms with Gasteiger partial charge in [-0.2, -0.15) is 0 Å². The van der Waals surface area contributed by atoms with Crippen molar-refractivity contribution in [2.45, 2.75) is 19.8 Å². The Bertz CT molecular complexity index is 418. The maximum Gasteiger partial charge on any atom is 0.143 e. The number of halogens is 1. The van der Waals surface area contributed by atoms with E-state index in [0.29, 0.717) is 0 Å². The van der Waals surface area contributed by atoms with Crippen molar-refractivity contribution in [1.29, 1.82) is 0 Å². The van der Waals surface area contributed by atoms with Gasteiger partial charge in [-0.1, -0.05) is 13.3 Å². The molecule has 1 aromatic heterocycles. The van der Waals surface area contributed by atoms with Gasteiger partial charge in [0.2, 0.25) is 0 Å². The van der Waals surface area contributed by atoms with E-state index < -0.39 is 0 Å². The van der Waals surface area contributed by atoms with E-state index in [1.165, 1.54) is 0 Å². The third-order valence-electron chi connectivity index (χ3n) is 2.22. The summed E-state index contributed by atoms with van der Waals surface area (Å²) in [6.45, 7) is 2.91. The largest absolute Gasteiger partial charge is 0.494 e. The van der Waals surface area contributed by atoms with Crippen LogP contribution in [-0.2, 0) is 0 Å². The molecule has 0 aliphatic rings. The van der Waals surface area contributed by atoms with Crippen molar-refractivity contribution in [1.82, 2.24) is 26.4 Å². The van der Waals surface area contributed by atoms with Crippen LogP contribution in [0, 0.1) is 0 Å². The molecule has 1 aromatic carbocycles. The van der Waals surface area contributed by atoms with Gasteiger partial charge in [0, 0.05) is 0 Å². The number of hydrogen-bond acceptors (Lipinski definition) is 5. The average molecular weight is 272 g/mol. The van der Waals surface area contributed by atoms with Crippen LogP contribution in [0.2, 0.25) is 0 Å². The zero-order valence-corrected chi connectivity index (χ0v) is 11.1. The molecule has 7 heteroatoms. The molecule has 0 radical (unpaired) electrons. The van der Waals surface area contributed by atoms with Crippen molar-refractivity contribution in [3.8, 4) is 11.4 Å². The molecule has 18 heavy (non-hydrogen) atoms. The number of hydrogen-bond donors (Lipinski definition) is 1. The Kier molecular flexibility index (Phi) is 7.66. The summed E-state index contributed by atoms with van der Waals surface area (Å²) in [5.74, 6) is 0.880. The van der Waals surface area contributed by atoms with Crippen LogP contribution in [0.5, 0.6) is 5.75 Å². The summed E-state index contributed by atoms with van der Waals surface area (Å²) in [5, 5.41) is 11.0. The Hall–Kier alpha value is -1.66. The molecule has 0 atom stereocenters. The predicted octanol–water partition coefficient (Wildman–Crippen LogP) is 2.42. The summed E-state index contributed by atoms with van der Waals surface area (Å²) in [5.41, 5.74) is 0.924. The van der Waals surface area contributed by atoms with Crippen LogP contribution in [0.15, 0.2) is 30.6 Å². The van der Waals surface area contributed by atoms with Crippen LogP contribution in [-0.4, -0.2) is 26.8 Å². The lowest BCUT2D eigenvalue weighted by Crippen LogP contribution is -1.98. The highest BCUT2D eigenvalue weighted by Crippen LogP contribution is 2.14. The van der Waals surface area contributed by atoms with Gasteiger partial charge in [0.05, 0.1) is 12.3 Å².